The van der Waals surface area contributed by atoms with Crippen LogP contribution in [0.1, 0.15) is 63.9 Å². The maximum Gasteiger partial charge on any atom is 0.0654 e. The highest BCUT2D eigenvalue weighted by atomic mass is 14.6. The van der Waals surface area contributed by atoms with Crippen molar-refractivity contribution in [3.63, 3.8) is 0 Å². The maximum absolute atomic E-state index is 3.13. The predicted octanol–water partition coefficient (Wildman–Crippen LogP) is 4.50. The quantitative estimate of drug-likeness (QED) is 0.573. The van der Waals surface area contributed by atoms with Crippen molar-refractivity contribution in [1.29, 1.82) is 0 Å². The molecule has 0 saturated heterocycles. The Morgan fingerprint density at radius 1 is 1.00 bits per heavy atom. The first kappa shape index (κ1) is 12.4. The maximum atomic E-state index is 3.13. The van der Waals surface area contributed by atoms with Crippen LogP contribution >= 0.6 is 0 Å². The molecular formula is C14H24N. The third-order valence-corrected chi connectivity index (χ3v) is 2.90. The molecule has 0 bridgehead atoms. The molecule has 1 heteroatoms. The minimum atomic E-state index is 1.19. The largest absolute Gasteiger partial charge is 0.360 e. The van der Waals surface area contributed by atoms with Crippen molar-refractivity contribution in [3.05, 3.63) is 24.0 Å². The second kappa shape index (κ2) is 8.58. The fourth-order valence-corrected chi connectivity index (χ4v) is 1.91. The van der Waals surface area contributed by atoms with E-state index in [9.17, 15) is 0 Å². The topological polar surface area (TPSA) is 15.8 Å². The number of rotatable bonds is 9. The zero-order valence-corrected chi connectivity index (χ0v) is 10.0. The van der Waals surface area contributed by atoms with Crippen molar-refractivity contribution in [2.24, 2.45) is 0 Å². The fraction of sp³-hybridized carbons (Fsp3) is 0.714. The molecular weight excluding hydrogens is 182 g/mol. The summed E-state index contributed by atoms with van der Waals surface area (Å²) in [5.74, 6) is 0. The van der Waals surface area contributed by atoms with Gasteiger partial charge in [0.05, 0.1) is 6.20 Å². The number of aryl methyl sites for hydroxylation is 1. The zero-order chi connectivity index (χ0) is 10.8. The van der Waals surface area contributed by atoms with Crippen LogP contribution in [0.15, 0.2) is 12.3 Å². The average molecular weight is 206 g/mol. The van der Waals surface area contributed by atoms with Crippen LogP contribution in [0.3, 0.4) is 0 Å². The number of hydrogen-bond donors (Lipinski definition) is 1. The van der Waals surface area contributed by atoms with Gasteiger partial charge in [0.15, 0.2) is 0 Å². The summed E-state index contributed by atoms with van der Waals surface area (Å²) in [6, 6.07) is 2.13. The average Bonchev–Trinajstić information content (AvgIpc) is 2.75. The molecule has 1 nitrogen and oxygen atoms in total. The lowest BCUT2D eigenvalue weighted by atomic mass is 10.1. The summed E-state index contributed by atoms with van der Waals surface area (Å²) in [6.07, 6.45) is 17.5. The molecule has 15 heavy (non-hydrogen) atoms. The van der Waals surface area contributed by atoms with Crippen LogP contribution in [0, 0.1) is 6.20 Å². The van der Waals surface area contributed by atoms with Gasteiger partial charge >= 0.3 is 0 Å². The molecule has 1 rings (SSSR count). The third-order valence-electron chi connectivity index (χ3n) is 2.90. The molecule has 85 valence electrons. The van der Waals surface area contributed by atoms with Crippen LogP contribution in [0.2, 0.25) is 0 Å². The van der Waals surface area contributed by atoms with Gasteiger partial charge < -0.3 is 4.98 Å². The summed E-state index contributed by atoms with van der Waals surface area (Å²) in [5.41, 5.74) is 1.33. The molecule has 1 radical (unpaired) electrons. The van der Waals surface area contributed by atoms with Crippen molar-refractivity contribution >= 4 is 0 Å². The second-order valence-electron chi connectivity index (χ2n) is 4.35. The molecule has 0 saturated carbocycles. The molecule has 0 fully saturated rings. The van der Waals surface area contributed by atoms with Crippen molar-refractivity contribution < 1.29 is 0 Å². The smallest absolute Gasteiger partial charge is 0.0654 e. The van der Waals surface area contributed by atoms with Crippen LogP contribution < -0.4 is 0 Å². The summed E-state index contributed by atoms with van der Waals surface area (Å²) in [5, 5.41) is 0. The molecule has 1 heterocycles. The fourth-order valence-electron chi connectivity index (χ4n) is 1.91. The van der Waals surface area contributed by atoms with Crippen molar-refractivity contribution in [3.8, 4) is 0 Å². The number of aromatic amines is 1. The van der Waals surface area contributed by atoms with Gasteiger partial charge in [0.25, 0.3) is 0 Å². The van der Waals surface area contributed by atoms with Crippen molar-refractivity contribution in [1.82, 2.24) is 4.98 Å². The normalized spacial score (nSPS) is 10.7. The Morgan fingerprint density at radius 3 is 2.27 bits per heavy atom. The number of H-pyrrole nitrogens is 1. The minimum absolute atomic E-state index is 1.19. The molecule has 0 aliphatic carbocycles. The van der Waals surface area contributed by atoms with Gasteiger partial charge in [-0.05, 0) is 24.5 Å². The summed E-state index contributed by atoms with van der Waals surface area (Å²) < 4.78 is 0. The predicted molar refractivity (Wildman–Crippen MR) is 65.9 cm³/mol. The van der Waals surface area contributed by atoms with E-state index in [2.05, 4.69) is 24.2 Å². The van der Waals surface area contributed by atoms with Gasteiger partial charge in [-0.1, -0.05) is 51.9 Å². The van der Waals surface area contributed by atoms with Crippen molar-refractivity contribution in [2.45, 2.75) is 64.7 Å². The highest BCUT2D eigenvalue weighted by molar-refractivity contribution is 5.06. The van der Waals surface area contributed by atoms with Crippen LogP contribution in [-0.2, 0) is 6.42 Å². The second-order valence-corrected chi connectivity index (χ2v) is 4.35. The molecule has 1 N–H and O–H groups in total. The molecule has 0 atom stereocenters. The molecule has 0 unspecified atom stereocenters. The summed E-state index contributed by atoms with van der Waals surface area (Å²) >= 11 is 0. The number of unbranched alkanes of at least 4 members (excludes halogenated alkanes) is 7. The van der Waals surface area contributed by atoms with Gasteiger partial charge in [-0.2, -0.15) is 0 Å². The minimum Gasteiger partial charge on any atom is -0.360 e. The van der Waals surface area contributed by atoms with Crippen LogP contribution in [0.4, 0.5) is 0 Å². The van der Waals surface area contributed by atoms with Gasteiger partial charge in [0.1, 0.15) is 0 Å². The summed E-state index contributed by atoms with van der Waals surface area (Å²) in [4.78, 5) is 2.98. The van der Waals surface area contributed by atoms with Crippen molar-refractivity contribution in [2.75, 3.05) is 0 Å². The first-order valence-electron chi connectivity index (χ1n) is 6.47. The van der Waals surface area contributed by atoms with Gasteiger partial charge in [-0.3, -0.25) is 0 Å². The van der Waals surface area contributed by atoms with E-state index in [0.717, 1.165) is 0 Å². The van der Waals surface area contributed by atoms with E-state index in [1.165, 1.54) is 63.4 Å². The van der Waals surface area contributed by atoms with E-state index in [-0.39, 0.29) is 0 Å². The van der Waals surface area contributed by atoms with Gasteiger partial charge in [-0.25, -0.2) is 0 Å². The van der Waals surface area contributed by atoms with Crippen LogP contribution in [-0.4, -0.2) is 4.98 Å². The Balaban J connectivity index is 1.81. The number of nitrogens with one attached hydrogen (secondary N) is 1. The molecule has 0 spiro atoms. The highest BCUT2D eigenvalue weighted by Gasteiger charge is 1.94. The van der Waals surface area contributed by atoms with Gasteiger partial charge in [0, 0.05) is 6.20 Å². The lowest BCUT2D eigenvalue weighted by molar-refractivity contribution is 0.575. The monoisotopic (exact) mass is 206 g/mol. The summed E-state index contributed by atoms with van der Waals surface area (Å²) in [7, 11) is 0. The first-order valence-corrected chi connectivity index (χ1v) is 6.47. The van der Waals surface area contributed by atoms with E-state index in [4.69, 9.17) is 0 Å². The zero-order valence-electron chi connectivity index (χ0n) is 10.0. The molecule has 0 amide bonds. The van der Waals surface area contributed by atoms with E-state index in [0.29, 0.717) is 0 Å². The van der Waals surface area contributed by atoms with Gasteiger partial charge in [0.2, 0.25) is 0 Å². The Labute approximate surface area is 94.3 Å². The molecule has 1 aromatic heterocycles. The highest BCUT2D eigenvalue weighted by Crippen LogP contribution is 2.10. The lowest BCUT2D eigenvalue weighted by Gasteiger charge is -2.00. The van der Waals surface area contributed by atoms with E-state index < -0.39 is 0 Å². The van der Waals surface area contributed by atoms with Crippen LogP contribution in [0.25, 0.3) is 0 Å². The Morgan fingerprint density at radius 2 is 1.67 bits per heavy atom. The molecule has 0 aliphatic heterocycles. The van der Waals surface area contributed by atoms with E-state index >= 15 is 0 Å². The van der Waals surface area contributed by atoms with E-state index in [1.54, 1.807) is 0 Å². The Bertz CT molecular complexity index is 213. The molecule has 0 aliphatic rings. The number of aromatic nitrogens is 1. The SMILES string of the molecule is CCCCCCCCCCc1[c][nH]cc1. The Hall–Kier alpha value is -0.720. The first-order chi connectivity index (χ1) is 7.43. The van der Waals surface area contributed by atoms with Crippen LogP contribution in [0.5, 0.6) is 0 Å². The molecule has 0 aromatic carbocycles. The lowest BCUT2D eigenvalue weighted by Crippen LogP contribution is -1.84. The third kappa shape index (κ3) is 6.38. The number of hydrogen-bond acceptors (Lipinski definition) is 0. The summed E-state index contributed by atoms with van der Waals surface area (Å²) in [6.45, 7) is 2.27. The standard InChI is InChI=1S/C14H24N/c1-2-3-4-5-6-7-8-9-10-14-11-12-15-13-14/h11-12,15H,2-10H2,1H3. The van der Waals surface area contributed by atoms with E-state index in [1.807, 2.05) is 6.20 Å². The Kier molecular flexibility index (Phi) is 7.06. The molecule has 1 aromatic rings. The van der Waals surface area contributed by atoms with Gasteiger partial charge in [-0.15, -0.1) is 0 Å².